The predicted molar refractivity (Wildman–Crippen MR) is 84.0 cm³/mol. The van der Waals surface area contributed by atoms with Gasteiger partial charge in [0, 0.05) is 0 Å². The molecule has 4 atom stereocenters. The lowest BCUT2D eigenvalue weighted by atomic mass is 9.69. The van der Waals surface area contributed by atoms with Gasteiger partial charge in [0.15, 0.2) is 5.78 Å². The van der Waals surface area contributed by atoms with E-state index in [0.717, 1.165) is 25.7 Å². The molecule has 3 aliphatic rings. The van der Waals surface area contributed by atoms with E-state index in [1.807, 2.05) is 6.08 Å². The van der Waals surface area contributed by atoms with Crippen LogP contribution in [0.25, 0.3) is 0 Å². The van der Waals surface area contributed by atoms with Gasteiger partial charge < -0.3 is 5.11 Å². The lowest BCUT2D eigenvalue weighted by molar-refractivity contribution is -0.133. The molecule has 118 valence electrons. The number of nitrogens with zero attached hydrogens (tertiary/aromatic N) is 1. The Hall–Kier alpha value is -0.670. The molecule has 3 nitrogen and oxygen atoms in total. The van der Waals surface area contributed by atoms with Crippen molar-refractivity contribution in [3.63, 3.8) is 0 Å². The van der Waals surface area contributed by atoms with Gasteiger partial charge in [-0.2, -0.15) is 0 Å². The Labute approximate surface area is 128 Å². The van der Waals surface area contributed by atoms with Crippen molar-refractivity contribution in [1.82, 2.24) is 4.90 Å². The third-order valence-electron chi connectivity index (χ3n) is 6.27. The fourth-order valence-corrected chi connectivity index (χ4v) is 5.46. The quantitative estimate of drug-likeness (QED) is 0.807. The van der Waals surface area contributed by atoms with Crippen molar-refractivity contribution in [3.8, 4) is 0 Å². The maximum absolute atomic E-state index is 12.8. The average Bonchev–Trinajstić information content (AvgIpc) is 2.81. The first-order valence-corrected chi connectivity index (χ1v) is 8.30. The SMILES string of the molecule is CN(C)[C@@]12C[C@H]3CCCC[C@@]3(O)[C@@H]1C(=O)C=C2C(C)(C)C. The van der Waals surface area contributed by atoms with Crippen molar-refractivity contribution in [2.24, 2.45) is 17.3 Å². The minimum atomic E-state index is -0.789. The summed E-state index contributed by atoms with van der Waals surface area (Å²) in [7, 11) is 4.15. The van der Waals surface area contributed by atoms with Gasteiger partial charge in [-0.15, -0.1) is 0 Å². The van der Waals surface area contributed by atoms with E-state index in [2.05, 4.69) is 39.8 Å². The third-order valence-corrected chi connectivity index (χ3v) is 6.27. The summed E-state index contributed by atoms with van der Waals surface area (Å²) in [6, 6.07) is 0. The van der Waals surface area contributed by atoms with Crippen LogP contribution in [0.2, 0.25) is 0 Å². The molecule has 2 fully saturated rings. The van der Waals surface area contributed by atoms with Gasteiger partial charge in [-0.1, -0.05) is 33.6 Å². The number of ketones is 1. The molecule has 0 spiro atoms. The van der Waals surface area contributed by atoms with Crippen LogP contribution in [0.4, 0.5) is 0 Å². The topological polar surface area (TPSA) is 40.5 Å². The van der Waals surface area contributed by atoms with Crippen molar-refractivity contribution >= 4 is 5.78 Å². The van der Waals surface area contributed by atoms with Crippen LogP contribution in [0.1, 0.15) is 52.9 Å². The lowest BCUT2D eigenvalue weighted by Crippen LogP contribution is -2.55. The molecule has 0 aliphatic heterocycles. The van der Waals surface area contributed by atoms with E-state index in [0.29, 0.717) is 0 Å². The predicted octanol–water partition coefficient (Wildman–Crippen LogP) is 2.78. The summed E-state index contributed by atoms with van der Waals surface area (Å²) in [5, 5.41) is 11.4. The average molecular weight is 291 g/mol. The van der Waals surface area contributed by atoms with E-state index in [9.17, 15) is 9.90 Å². The zero-order chi connectivity index (χ0) is 15.6. The molecular weight excluding hydrogens is 262 g/mol. The number of likely N-dealkylation sites (N-methyl/N-ethyl adjacent to an activating group) is 1. The summed E-state index contributed by atoms with van der Waals surface area (Å²) in [5.41, 5.74) is 0.110. The standard InChI is InChI=1S/C18H29NO2/c1-16(2,3)14-10-13(20)15-17(14,19(4)5)11-12-8-6-7-9-18(12,15)21/h10,12,15,21H,6-9,11H2,1-5H3/t12-,15-,17-,18+/m1/s1. The molecule has 0 heterocycles. The first-order chi connectivity index (χ1) is 9.64. The highest BCUT2D eigenvalue weighted by Crippen LogP contribution is 2.63. The van der Waals surface area contributed by atoms with Gasteiger partial charge in [-0.3, -0.25) is 9.69 Å². The fourth-order valence-electron chi connectivity index (χ4n) is 5.46. The fraction of sp³-hybridized carbons (Fsp3) is 0.833. The van der Waals surface area contributed by atoms with E-state index in [1.54, 1.807) is 0 Å². The van der Waals surface area contributed by atoms with Gasteiger partial charge in [0.05, 0.1) is 17.1 Å². The number of fused-ring (bicyclic) bond motifs is 3. The van der Waals surface area contributed by atoms with Crippen LogP contribution in [0.15, 0.2) is 11.6 Å². The Balaban J connectivity index is 2.16. The van der Waals surface area contributed by atoms with Gasteiger partial charge in [0.1, 0.15) is 0 Å². The van der Waals surface area contributed by atoms with Crippen LogP contribution in [0.5, 0.6) is 0 Å². The molecule has 0 unspecified atom stereocenters. The van der Waals surface area contributed by atoms with Crippen LogP contribution >= 0.6 is 0 Å². The largest absolute Gasteiger partial charge is 0.389 e. The molecular formula is C18H29NO2. The Morgan fingerprint density at radius 1 is 1.29 bits per heavy atom. The maximum Gasteiger partial charge on any atom is 0.163 e. The summed E-state index contributed by atoms with van der Waals surface area (Å²) in [4.78, 5) is 15.0. The van der Waals surface area contributed by atoms with Crippen molar-refractivity contribution in [2.45, 2.75) is 64.0 Å². The van der Waals surface area contributed by atoms with Crippen molar-refractivity contribution < 1.29 is 9.90 Å². The van der Waals surface area contributed by atoms with Crippen molar-refractivity contribution in [2.75, 3.05) is 14.1 Å². The number of hydrogen-bond acceptors (Lipinski definition) is 3. The Morgan fingerprint density at radius 3 is 2.52 bits per heavy atom. The summed E-state index contributed by atoms with van der Waals surface area (Å²) in [5.74, 6) is 0.161. The molecule has 0 bridgehead atoms. The monoisotopic (exact) mass is 291 g/mol. The molecule has 2 saturated carbocycles. The van der Waals surface area contributed by atoms with E-state index < -0.39 is 5.60 Å². The highest BCUT2D eigenvalue weighted by Gasteiger charge is 2.69. The number of carbonyl (C=O) groups is 1. The van der Waals surface area contributed by atoms with Gasteiger partial charge in [-0.05, 0) is 56.3 Å². The molecule has 1 N–H and O–H groups in total. The molecule has 0 saturated heterocycles. The van der Waals surface area contributed by atoms with Gasteiger partial charge >= 0.3 is 0 Å². The van der Waals surface area contributed by atoms with Crippen molar-refractivity contribution in [1.29, 1.82) is 0 Å². The summed E-state index contributed by atoms with van der Waals surface area (Å²) in [6.07, 6.45) is 6.86. The van der Waals surface area contributed by atoms with Crippen molar-refractivity contribution in [3.05, 3.63) is 11.6 Å². The molecule has 0 aromatic heterocycles. The molecule has 0 radical (unpaired) electrons. The molecule has 3 heteroatoms. The number of allylic oxidation sites excluding steroid dienone is 1. The lowest BCUT2D eigenvalue weighted by Gasteiger charge is -2.45. The molecule has 3 rings (SSSR count). The second kappa shape index (κ2) is 4.42. The van der Waals surface area contributed by atoms with Gasteiger partial charge in [-0.25, -0.2) is 0 Å². The number of carbonyl (C=O) groups excluding carboxylic acids is 1. The van der Waals surface area contributed by atoms with Crippen LogP contribution < -0.4 is 0 Å². The molecule has 3 aliphatic carbocycles. The van der Waals surface area contributed by atoms with Gasteiger partial charge in [0.25, 0.3) is 0 Å². The molecule has 0 aromatic rings. The van der Waals surface area contributed by atoms with E-state index in [-0.39, 0.29) is 28.6 Å². The zero-order valence-electron chi connectivity index (χ0n) is 14.1. The Morgan fingerprint density at radius 2 is 1.95 bits per heavy atom. The molecule has 0 aromatic carbocycles. The zero-order valence-corrected chi connectivity index (χ0v) is 14.1. The highest BCUT2D eigenvalue weighted by molar-refractivity contribution is 5.99. The molecule has 21 heavy (non-hydrogen) atoms. The first kappa shape index (κ1) is 15.2. The Bertz CT molecular complexity index is 502. The summed E-state index contributed by atoms with van der Waals surface area (Å²) < 4.78 is 0. The van der Waals surface area contributed by atoms with Crippen LogP contribution in [0.3, 0.4) is 0 Å². The smallest absolute Gasteiger partial charge is 0.163 e. The second-order valence-electron chi connectivity index (χ2n) is 8.60. The number of rotatable bonds is 1. The first-order valence-electron chi connectivity index (χ1n) is 8.30. The van der Waals surface area contributed by atoms with Crippen LogP contribution in [0, 0.1) is 17.3 Å². The normalized spacial score (nSPS) is 43.0. The van der Waals surface area contributed by atoms with E-state index in [4.69, 9.17) is 0 Å². The number of hydrogen-bond donors (Lipinski definition) is 1. The number of aliphatic hydroxyl groups is 1. The maximum atomic E-state index is 12.8. The second-order valence-corrected chi connectivity index (χ2v) is 8.60. The van der Waals surface area contributed by atoms with Crippen LogP contribution in [-0.4, -0.2) is 41.0 Å². The van der Waals surface area contributed by atoms with E-state index >= 15 is 0 Å². The van der Waals surface area contributed by atoms with Gasteiger partial charge in [0.2, 0.25) is 0 Å². The minimum absolute atomic E-state index is 0.0431. The Kier molecular flexibility index (Phi) is 3.21. The minimum Gasteiger partial charge on any atom is -0.389 e. The molecule has 0 amide bonds. The van der Waals surface area contributed by atoms with E-state index in [1.165, 1.54) is 12.0 Å². The summed E-state index contributed by atoms with van der Waals surface area (Å²) >= 11 is 0. The summed E-state index contributed by atoms with van der Waals surface area (Å²) in [6.45, 7) is 6.56. The highest BCUT2D eigenvalue weighted by atomic mass is 16.3. The third kappa shape index (κ3) is 1.83. The van der Waals surface area contributed by atoms with Crippen LogP contribution in [-0.2, 0) is 4.79 Å².